The van der Waals surface area contributed by atoms with Gasteiger partial charge in [-0.15, -0.1) is 0 Å². The fourth-order valence-corrected chi connectivity index (χ4v) is 2.67. The van der Waals surface area contributed by atoms with Gasteiger partial charge in [-0.25, -0.2) is 4.79 Å². The van der Waals surface area contributed by atoms with Crippen LogP contribution < -0.4 is 10.1 Å². The van der Waals surface area contributed by atoms with Crippen LogP contribution in [-0.2, 0) is 4.79 Å². The Kier molecular flexibility index (Phi) is 7.17. The predicted molar refractivity (Wildman–Crippen MR) is 107 cm³/mol. The zero-order valence-corrected chi connectivity index (χ0v) is 15.9. The number of aromatic carboxylic acids is 1. The van der Waals surface area contributed by atoms with E-state index in [2.05, 4.69) is 19.2 Å². The summed E-state index contributed by atoms with van der Waals surface area (Å²) in [5, 5.41) is 11.8. The molecule has 0 radical (unpaired) electrons. The smallest absolute Gasteiger partial charge is 0.337 e. The molecule has 0 aromatic heterocycles. The van der Waals surface area contributed by atoms with Gasteiger partial charge in [-0.05, 0) is 61.2 Å². The molecular formula is C22H25NO4. The van der Waals surface area contributed by atoms with Crippen LogP contribution in [0.2, 0.25) is 0 Å². The molecule has 2 rings (SSSR count). The van der Waals surface area contributed by atoms with Gasteiger partial charge in [0, 0.05) is 6.08 Å². The number of ether oxygens (including phenoxy) is 1. The SMILES string of the molecule is CCC(CC)Oc1ccc(/C=C/C(=O)Nc2ccccc2C(=O)O)cc1C. The van der Waals surface area contributed by atoms with E-state index in [9.17, 15) is 9.59 Å². The van der Waals surface area contributed by atoms with Crippen LogP contribution in [0.15, 0.2) is 48.5 Å². The van der Waals surface area contributed by atoms with Gasteiger partial charge in [0.05, 0.1) is 17.4 Å². The molecular weight excluding hydrogens is 342 g/mol. The van der Waals surface area contributed by atoms with Gasteiger partial charge in [0.2, 0.25) is 5.91 Å². The van der Waals surface area contributed by atoms with Gasteiger partial charge < -0.3 is 15.2 Å². The minimum Gasteiger partial charge on any atom is -0.490 e. The lowest BCUT2D eigenvalue weighted by Gasteiger charge is -2.17. The summed E-state index contributed by atoms with van der Waals surface area (Å²) in [6.45, 7) is 6.17. The second-order valence-electron chi connectivity index (χ2n) is 6.25. The summed E-state index contributed by atoms with van der Waals surface area (Å²) in [5.74, 6) is -0.627. The zero-order valence-electron chi connectivity index (χ0n) is 15.9. The van der Waals surface area contributed by atoms with E-state index in [0.717, 1.165) is 29.7 Å². The maximum atomic E-state index is 12.1. The molecule has 1 amide bonds. The van der Waals surface area contributed by atoms with Crippen molar-refractivity contribution in [2.75, 3.05) is 5.32 Å². The average Bonchev–Trinajstić information content (AvgIpc) is 2.66. The van der Waals surface area contributed by atoms with Crippen LogP contribution >= 0.6 is 0 Å². The van der Waals surface area contributed by atoms with Crippen LogP contribution in [0.5, 0.6) is 5.75 Å². The molecule has 0 fully saturated rings. The van der Waals surface area contributed by atoms with Crippen molar-refractivity contribution in [3.63, 3.8) is 0 Å². The maximum absolute atomic E-state index is 12.1. The number of hydrogen-bond donors (Lipinski definition) is 2. The zero-order chi connectivity index (χ0) is 19.8. The highest BCUT2D eigenvalue weighted by Gasteiger charge is 2.10. The highest BCUT2D eigenvalue weighted by Crippen LogP contribution is 2.22. The Morgan fingerprint density at radius 1 is 1.15 bits per heavy atom. The molecule has 0 aliphatic heterocycles. The second-order valence-corrected chi connectivity index (χ2v) is 6.25. The summed E-state index contributed by atoms with van der Waals surface area (Å²) in [7, 11) is 0. The molecule has 0 bridgehead atoms. The number of carbonyl (C=O) groups is 2. The lowest BCUT2D eigenvalue weighted by molar-refractivity contribution is -0.111. The van der Waals surface area contributed by atoms with E-state index in [-0.39, 0.29) is 17.4 Å². The summed E-state index contributed by atoms with van der Waals surface area (Å²) in [6.07, 6.45) is 5.18. The third-order valence-corrected chi connectivity index (χ3v) is 4.25. The molecule has 0 saturated carbocycles. The van der Waals surface area contributed by atoms with Gasteiger partial charge in [-0.2, -0.15) is 0 Å². The molecule has 5 heteroatoms. The van der Waals surface area contributed by atoms with Crippen molar-refractivity contribution in [2.24, 2.45) is 0 Å². The van der Waals surface area contributed by atoms with Crippen LogP contribution in [0.25, 0.3) is 6.08 Å². The number of rotatable bonds is 8. The molecule has 2 aromatic rings. The van der Waals surface area contributed by atoms with Gasteiger partial charge in [-0.3, -0.25) is 4.79 Å². The first kappa shape index (κ1) is 20.2. The number of hydrogen-bond acceptors (Lipinski definition) is 3. The van der Waals surface area contributed by atoms with Crippen LogP contribution in [0, 0.1) is 6.92 Å². The molecule has 0 atom stereocenters. The van der Waals surface area contributed by atoms with Crippen molar-refractivity contribution in [3.8, 4) is 5.75 Å². The van der Waals surface area contributed by atoms with E-state index < -0.39 is 11.9 Å². The molecule has 142 valence electrons. The van der Waals surface area contributed by atoms with Gasteiger partial charge in [0.25, 0.3) is 0 Å². The van der Waals surface area contributed by atoms with Crippen LogP contribution in [0.4, 0.5) is 5.69 Å². The summed E-state index contributed by atoms with van der Waals surface area (Å²) >= 11 is 0. The number of amides is 1. The lowest BCUT2D eigenvalue weighted by atomic mass is 10.1. The van der Waals surface area contributed by atoms with E-state index in [0.29, 0.717) is 0 Å². The molecule has 0 spiro atoms. The quantitative estimate of drug-likeness (QED) is 0.650. The Bertz CT molecular complexity index is 838. The number of anilines is 1. The third kappa shape index (κ3) is 5.71. The van der Waals surface area contributed by atoms with Crippen LogP contribution in [0.3, 0.4) is 0 Å². The molecule has 0 heterocycles. The summed E-state index contributed by atoms with van der Waals surface area (Å²) in [4.78, 5) is 23.3. The molecule has 0 saturated heterocycles. The Morgan fingerprint density at radius 2 is 1.85 bits per heavy atom. The highest BCUT2D eigenvalue weighted by atomic mass is 16.5. The fourth-order valence-electron chi connectivity index (χ4n) is 2.67. The predicted octanol–water partition coefficient (Wildman–Crippen LogP) is 4.91. The number of benzene rings is 2. The number of carbonyl (C=O) groups excluding carboxylic acids is 1. The average molecular weight is 367 g/mol. The van der Waals surface area contributed by atoms with E-state index in [1.807, 2.05) is 25.1 Å². The van der Waals surface area contributed by atoms with Crippen molar-refractivity contribution in [3.05, 3.63) is 65.2 Å². The number of nitrogens with one attached hydrogen (secondary N) is 1. The number of carboxylic acids is 1. The molecule has 0 aliphatic rings. The Hall–Kier alpha value is -3.08. The third-order valence-electron chi connectivity index (χ3n) is 4.25. The van der Waals surface area contributed by atoms with Crippen molar-refractivity contribution in [1.29, 1.82) is 0 Å². The molecule has 0 unspecified atom stereocenters. The standard InChI is InChI=1S/C22H25NO4/c1-4-17(5-2)27-20-12-10-16(14-15(20)3)11-13-21(24)23-19-9-7-6-8-18(19)22(25)26/h6-14,17H,4-5H2,1-3H3,(H,23,24)(H,25,26)/b13-11+. The first-order valence-electron chi connectivity index (χ1n) is 9.03. The molecule has 2 aromatic carbocycles. The Labute approximate surface area is 159 Å². The van der Waals surface area contributed by atoms with Gasteiger partial charge in [0.1, 0.15) is 5.75 Å². The van der Waals surface area contributed by atoms with Crippen molar-refractivity contribution in [1.82, 2.24) is 0 Å². The fraction of sp³-hybridized carbons (Fsp3) is 0.273. The van der Waals surface area contributed by atoms with Crippen molar-refractivity contribution >= 4 is 23.6 Å². The van der Waals surface area contributed by atoms with Crippen LogP contribution in [0.1, 0.15) is 48.2 Å². The molecule has 27 heavy (non-hydrogen) atoms. The topological polar surface area (TPSA) is 75.6 Å². The molecule has 0 aliphatic carbocycles. The molecule has 2 N–H and O–H groups in total. The largest absolute Gasteiger partial charge is 0.490 e. The summed E-state index contributed by atoms with van der Waals surface area (Å²) in [6, 6.07) is 12.0. The number of para-hydroxylation sites is 1. The van der Waals surface area contributed by atoms with Gasteiger partial charge in [0.15, 0.2) is 0 Å². The highest BCUT2D eigenvalue weighted by molar-refractivity contribution is 6.06. The minimum absolute atomic E-state index is 0.0537. The minimum atomic E-state index is -1.08. The maximum Gasteiger partial charge on any atom is 0.337 e. The van der Waals surface area contributed by atoms with Crippen molar-refractivity contribution in [2.45, 2.75) is 39.7 Å². The van der Waals surface area contributed by atoms with Crippen molar-refractivity contribution < 1.29 is 19.4 Å². The Morgan fingerprint density at radius 3 is 2.48 bits per heavy atom. The van der Waals surface area contributed by atoms with Crippen LogP contribution in [-0.4, -0.2) is 23.1 Å². The van der Waals surface area contributed by atoms with E-state index in [4.69, 9.17) is 9.84 Å². The van der Waals surface area contributed by atoms with E-state index in [1.165, 1.54) is 12.1 Å². The monoisotopic (exact) mass is 367 g/mol. The molecule has 5 nitrogen and oxygen atoms in total. The van der Waals surface area contributed by atoms with Gasteiger partial charge in [-0.1, -0.05) is 32.0 Å². The lowest BCUT2D eigenvalue weighted by Crippen LogP contribution is -2.14. The summed E-state index contributed by atoms with van der Waals surface area (Å²) < 4.78 is 5.98. The summed E-state index contributed by atoms with van der Waals surface area (Å²) in [5.41, 5.74) is 2.19. The number of carboxylic acid groups (broad SMARTS) is 1. The number of aryl methyl sites for hydroxylation is 1. The first-order chi connectivity index (χ1) is 12.9. The second kappa shape index (κ2) is 9.57. The van der Waals surface area contributed by atoms with E-state index in [1.54, 1.807) is 24.3 Å². The van der Waals surface area contributed by atoms with E-state index >= 15 is 0 Å². The Balaban J connectivity index is 2.06. The first-order valence-corrected chi connectivity index (χ1v) is 9.03. The normalized spacial score (nSPS) is 11.0. The van der Waals surface area contributed by atoms with Gasteiger partial charge >= 0.3 is 5.97 Å².